The van der Waals surface area contributed by atoms with Crippen molar-refractivity contribution in [3.63, 3.8) is 0 Å². The van der Waals surface area contributed by atoms with Gasteiger partial charge in [0.25, 0.3) is 0 Å². The molecule has 0 amide bonds. The lowest BCUT2D eigenvalue weighted by atomic mass is 9.99. The van der Waals surface area contributed by atoms with E-state index in [0.29, 0.717) is 0 Å². The van der Waals surface area contributed by atoms with Crippen LogP contribution in [0.4, 0.5) is 0 Å². The van der Waals surface area contributed by atoms with Crippen molar-refractivity contribution in [2.24, 2.45) is 11.7 Å². The minimum Gasteiger partial charge on any atom is -0.326 e. The second kappa shape index (κ2) is 9.99. The molecular weight excluding hydrogens is 232 g/mol. The molecule has 0 saturated carbocycles. The van der Waals surface area contributed by atoms with Crippen LogP contribution in [0.5, 0.6) is 0 Å². The number of hydrogen-bond donors (Lipinski definition) is 2. The van der Waals surface area contributed by atoms with Gasteiger partial charge in [0.15, 0.2) is 0 Å². The number of nitrogens with two attached hydrogens (primary N) is 1. The van der Waals surface area contributed by atoms with E-state index in [1.54, 1.807) is 0 Å². The van der Waals surface area contributed by atoms with Crippen molar-refractivity contribution in [2.45, 2.75) is 52.0 Å². The highest BCUT2D eigenvalue weighted by Crippen LogP contribution is 2.11. The highest BCUT2D eigenvalue weighted by atomic mass is 14.9. The fourth-order valence-electron chi connectivity index (χ4n) is 2.41. The van der Waals surface area contributed by atoms with Crippen molar-refractivity contribution < 1.29 is 0 Å². The molecule has 0 spiro atoms. The maximum Gasteiger partial charge on any atom is 0.0206 e. The Bertz CT molecular complexity index is 310. The summed E-state index contributed by atoms with van der Waals surface area (Å²) in [5.74, 6) is 0.809. The van der Waals surface area contributed by atoms with E-state index in [4.69, 9.17) is 5.73 Å². The quantitative estimate of drug-likeness (QED) is 0.678. The minimum atomic E-state index is 0.214. The van der Waals surface area contributed by atoms with Crippen LogP contribution in [0.2, 0.25) is 0 Å². The van der Waals surface area contributed by atoms with Crippen LogP contribution in [0.15, 0.2) is 30.3 Å². The Labute approximate surface area is 118 Å². The van der Waals surface area contributed by atoms with Gasteiger partial charge < -0.3 is 11.1 Å². The zero-order valence-corrected chi connectivity index (χ0v) is 12.6. The van der Waals surface area contributed by atoms with Gasteiger partial charge in [0.2, 0.25) is 0 Å². The zero-order valence-electron chi connectivity index (χ0n) is 12.6. The summed E-state index contributed by atoms with van der Waals surface area (Å²) >= 11 is 0. The molecule has 0 saturated heterocycles. The van der Waals surface area contributed by atoms with E-state index < -0.39 is 0 Å². The summed E-state index contributed by atoms with van der Waals surface area (Å²) in [4.78, 5) is 0. The third-order valence-electron chi connectivity index (χ3n) is 3.72. The molecule has 0 aliphatic rings. The first kappa shape index (κ1) is 16.2. The number of hydrogen-bond acceptors (Lipinski definition) is 2. The predicted molar refractivity (Wildman–Crippen MR) is 84.3 cm³/mol. The minimum absolute atomic E-state index is 0.214. The second-order valence-electron chi connectivity index (χ2n) is 5.52. The Kier molecular flexibility index (Phi) is 8.52. The molecule has 2 unspecified atom stereocenters. The lowest BCUT2D eigenvalue weighted by molar-refractivity contribution is 0.411. The molecule has 2 heteroatoms. The molecule has 0 aromatic heterocycles. The van der Waals surface area contributed by atoms with Crippen molar-refractivity contribution >= 4 is 0 Å². The standard InChI is InChI=1S/C17H30N2/c1-3-5-9-15(4-2)13-19-14-17(18)12-16-10-7-6-8-11-16/h6-8,10-11,15,17,19H,3-5,9,12-14,18H2,1-2H3. The van der Waals surface area contributed by atoms with Crippen LogP contribution in [0.3, 0.4) is 0 Å². The summed E-state index contributed by atoms with van der Waals surface area (Å²) in [6.45, 7) is 6.57. The van der Waals surface area contributed by atoms with Crippen LogP contribution < -0.4 is 11.1 Å². The summed E-state index contributed by atoms with van der Waals surface area (Å²) in [7, 11) is 0. The molecule has 108 valence electrons. The molecule has 19 heavy (non-hydrogen) atoms. The van der Waals surface area contributed by atoms with Crippen molar-refractivity contribution in [3.8, 4) is 0 Å². The third-order valence-corrected chi connectivity index (χ3v) is 3.72. The van der Waals surface area contributed by atoms with Crippen LogP contribution in [-0.2, 0) is 6.42 Å². The molecule has 0 aliphatic heterocycles. The van der Waals surface area contributed by atoms with Gasteiger partial charge in [-0.05, 0) is 30.9 Å². The second-order valence-corrected chi connectivity index (χ2v) is 5.52. The highest BCUT2D eigenvalue weighted by Gasteiger charge is 2.07. The van der Waals surface area contributed by atoms with Gasteiger partial charge in [0.1, 0.15) is 0 Å². The van der Waals surface area contributed by atoms with Gasteiger partial charge in [-0.15, -0.1) is 0 Å². The van der Waals surface area contributed by atoms with Gasteiger partial charge in [-0.2, -0.15) is 0 Å². The van der Waals surface area contributed by atoms with Crippen LogP contribution in [0.25, 0.3) is 0 Å². The average molecular weight is 262 g/mol. The molecule has 2 atom stereocenters. The van der Waals surface area contributed by atoms with Gasteiger partial charge in [0.05, 0.1) is 0 Å². The Hall–Kier alpha value is -0.860. The monoisotopic (exact) mass is 262 g/mol. The fraction of sp³-hybridized carbons (Fsp3) is 0.647. The van der Waals surface area contributed by atoms with Crippen LogP contribution in [0.1, 0.15) is 45.1 Å². The SMILES string of the molecule is CCCCC(CC)CNCC(N)Cc1ccccc1. The van der Waals surface area contributed by atoms with E-state index in [-0.39, 0.29) is 6.04 Å². The number of nitrogens with one attached hydrogen (secondary N) is 1. The Morgan fingerprint density at radius 1 is 1.11 bits per heavy atom. The zero-order chi connectivity index (χ0) is 13.9. The molecule has 3 N–H and O–H groups in total. The molecule has 1 aromatic rings. The van der Waals surface area contributed by atoms with E-state index in [9.17, 15) is 0 Å². The van der Waals surface area contributed by atoms with Crippen molar-refractivity contribution in [2.75, 3.05) is 13.1 Å². The van der Waals surface area contributed by atoms with E-state index in [2.05, 4.69) is 43.4 Å². The first-order chi connectivity index (χ1) is 9.26. The smallest absolute Gasteiger partial charge is 0.0206 e. The normalized spacial score (nSPS) is 14.3. The molecular formula is C17H30N2. The van der Waals surface area contributed by atoms with Crippen LogP contribution in [-0.4, -0.2) is 19.1 Å². The first-order valence-electron chi connectivity index (χ1n) is 7.76. The molecule has 0 bridgehead atoms. The van der Waals surface area contributed by atoms with Crippen molar-refractivity contribution in [3.05, 3.63) is 35.9 Å². The van der Waals surface area contributed by atoms with Crippen LogP contribution in [0, 0.1) is 5.92 Å². The fourth-order valence-corrected chi connectivity index (χ4v) is 2.41. The van der Waals surface area contributed by atoms with E-state index in [1.807, 2.05) is 6.07 Å². The third kappa shape index (κ3) is 7.34. The molecule has 2 nitrogen and oxygen atoms in total. The highest BCUT2D eigenvalue weighted by molar-refractivity contribution is 5.15. The van der Waals surface area contributed by atoms with Gasteiger partial charge >= 0.3 is 0 Å². The summed E-state index contributed by atoms with van der Waals surface area (Å²) in [5.41, 5.74) is 7.50. The maximum atomic E-state index is 6.17. The van der Waals surface area contributed by atoms with Crippen LogP contribution >= 0.6 is 0 Å². The van der Waals surface area contributed by atoms with Gasteiger partial charge in [-0.3, -0.25) is 0 Å². The van der Waals surface area contributed by atoms with Crippen molar-refractivity contribution in [1.29, 1.82) is 0 Å². The topological polar surface area (TPSA) is 38.0 Å². The molecule has 0 radical (unpaired) electrons. The van der Waals surface area contributed by atoms with Crippen molar-refractivity contribution in [1.82, 2.24) is 5.32 Å². The lowest BCUT2D eigenvalue weighted by Crippen LogP contribution is -2.37. The summed E-state index contributed by atoms with van der Waals surface area (Å²) in [6.07, 6.45) is 6.20. The molecule has 0 fully saturated rings. The largest absolute Gasteiger partial charge is 0.326 e. The van der Waals surface area contributed by atoms with E-state index in [0.717, 1.165) is 25.4 Å². The Morgan fingerprint density at radius 2 is 1.84 bits per heavy atom. The molecule has 1 rings (SSSR count). The number of unbranched alkanes of at least 4 members (excludes halogenated alkanes) is 1. The summed E-state index contributed by atoms with van der Waals surface area (Å²) in [5, 5.41) is 3.54. The number of benzene rings is 1. The number of rotatable bonds is 10. The molecule has 0 aliphatic carbocycles. The van der Waals surface area contributed by atoms with Gasteiger partial charge in [0, 0.05) is 12.6 Å². The first-order valence-corrected chi connectivity index (χ1v) is 7.76. The van der Waals surface area contributed by atoms with Gasteiger partial charge in [-0.25, -0.2) is 0 Å². The van der Waals surface area contributed by atoms with E-state index in [1.165, 1.54) is 31.2 Å². The van der Waals surface area contributed by atoms with Gasteiger partial charge in [-0.1, -0.05) is 63.4 Å². The predicted octanol–water partition coefficient (Wildman–Crippen LogP) is 3.36. The molecule has 0 heterocycles. The lowest BCUT2D eigenvalue weighted by Gasteiger charge is -2.18. The maximum absolute atomic E-state index is 6.17. The average Bonchev–Trinajstić information content (AvgIpc) is 2.43. The Balaban J connectivity index is 2.17. The summed E-state index contributed by atoms with van der Waals surface area (Å²) < 4.78 is 0. The molecule has 1 aromatic carbocycles. The summed E-state index contributed by atoms with van der Waals surface area (Å²) in [6, 6.07) is 10.7. The Morgan fingerprint density at radius 3 is 2.47 bits per heavy atom. The van der Waals surface area contributed by atoms with E-state index >= 15 is 0 Å².